The first kappa shape index (κ1) is 14.4. The fraction of sp³-hybridized carbons (Fsp3) is 0.647. The van der Waals surface area contributed by atoms with E-state index in [0.29, 0.717) is 6.04 Å². The maximum atomic E-state index is 3.70. The number of hydrogen-bond donors (Lipinski definition) is 1. The zero-order valence-corrected chi connectivity index (χ0v) is 12.9. The SMILES string of the molecule is Cc1ccc(N2CCCNC(CC(C)C)C2)c(C)c1. The molecule has 1 atom stereocenters. The van der Waals surface area contributed by atoms with E-state index in [2.05, 4.69) is 56.1 Å². The lowest BCUT2D eigenvalue weighted by atomic mass is 10.0. The number of anilines is 1. The highest BCUT2D eigenvalue weighted by Crippen LogP contribution is 2.23. The van der Waals surface area contributed by atoms with Crippen LogP contribution in [0.3, 0.4) is 0 Å². The second-order valence-electron chi connectivity index (χ2n) is 6.37. The molecule has 1 N–H and O–H groups in total. The van der Waals surface area contributed by atoms with Crippen molar-refractivity contribution in [2.75, 3.05) is 24.5 Å². The molecule has 1 aliphatic heterocycles. The summed E-state index contributed by atoms with van der Waals surface area (Å²) in [6.07, 6.45) is 2.50. The second kappa shape index (κ2) is 6.42. The number of nitrogens with zero attached hydrogens (tertiary/aromatic N) is 1. The summed E-state index contributed by atoms with van der Waals surface area (Å²) < 4.78 is 0. The van der Waals surface area contributed by atoms with Crippen molar-refractivity contribution in [3.05, 3.63) is 29.3 Å². The van der Waals surface area contributed by atoms with Gasteiger partial charge in [-0.3, -0.25) is 0 Å². The van der Waals surface area contributed by atoms with E-state index in [1.807, 2.05) is 0 Å². The Kier molecular flexibility index (Phi) is 4.87. The normalized spacial score (nSPS) is 20.7. The minimum absolute atomic E-state index is 0.628. The van der Waals surface area contributed by atoms with E-state index in [4.69, 9.17) is 0 Å². The van der Waals surface area contributed by atoms with Crippen molar-refractivity contribution in [2.45, 2.75) is 46.6 Å². The highest BCUT2D eigenvalue weighted by molar-refractivity contribution is 5.54. The maximum absolute atomic E-state index is 3.70. The molecule has 0 spiro atoms. The topological polar surface area (TPSA) is 15.3 Å². The van der Waals surface area contributed by atoms with Crippen LogP contribution >= 0.6 is 0 Å². The first-order valence-corrected chi connectivity index (χ1v) is 7.62. The number of benzene rings is 1. The van der Waals surface area contributed by atoms with Crippen molar-refractivity contribution >= 4 is 5.69 Å². The Balaban J connectivity index is 2.13. The van der Waals surface area contributed by atoms with Gasteiger partial charge in [0, 0.05) is 24.8 Å². The predicted octanol–water partition coefficient (Wildman–Crippen LogP) is 3.52. The third-order valence-corrected chi connectivity index (χ3v) is 3.93. The van der Waals surface area contributed by atoms with Gasteiger partial charge in [0.2, 0.25) is 0 Å². The van der Waals surface area contributed by atoms with E-state index < -0.39 is 0 Å². The van der Waals surface area contributed by atoms with Gasteiger partial charge in [-0.2, -0.15) is 0 Å². The van der Waals surface area contributed by atoms with Crippen molar-refractivity contribution in [3.8, 4) is 0 Å². The molecule has 1 unspecified atom stereocenters. The highest BCUT2D eigenvalue weighted by Gasteiger charge is 2.19. The number of rotatable bonds is 3. The molecule has 0 saturated carbocycles. The van der Waals surface area contributed by atoms with Crippen LogP contribution in [0.1, 0.15) is 37.8 Å². The fourth-order valence-corrected chi connectivity index (χ4v) is 3.10. The van der Waals surface area contributed by atoms with Crippen molar-refractivity contribution < 1.29 is 0 Å². The molecule has 106 valence electrons. The van der Waals surface area contributed by atoms with E-state index in [1.54, 1.807) is 0 Å². The van der Waals surface area contributed by atoms with Crippen molar-refractivity contribution in [2.24, 2.45) is 5.92 Å². The molecule has 0 bridgehead atoms. The van der Waals surface area contributed by atoms with Gasteiger partial charge in [0.15, 0.2) is 0 Å². The average Bonchev–Trinajstić information content (AvgIpc) is 2.53. The molecule has 19 heavy (non-hydrogen) atoms. The number of hydrogen-bond acceptors (Lipinski definition) is 2. The molecule has 1 aromatic rings. The van der Waals surface area contributed by atoms with Crippen molar-refractivity contribution in [1.82, 2.24) is 5.32 Å². The summed E-state index contributed by atoms with van der Waals surface area (Å²) in [6, 6.07) is 7.45. The van der Waals surface area contributed by atoms with Gasteiger partial charge in [-0.25, -0.2) is 0 Å². The first-order chi connectivity index (χ1) is 9.06. The molecule has 1 saturated heterocycles. The summed E-state index contributed by atoms with van der Waals surface area (Å²) in [5, 5.41) is 3.70. The van der Waals surface area contributed by atoms with Crippen molar-refractivity contribution in [1.29, 1.82) is 0 Å². The molecule has 1 fully saturated rings. The number of aryl methyl sites for hydroxylation is 2. The van der Waals surface area contributed by atoms with E-state index in [9.17, 15) is 0 Å². The Labute approximate surface area is 118 Å². The molecule has 0 amide bonds. The van der Waals surface area contributed by atoms with Gasteiger partial charge in [-0.1, -0.05) is 31.5 Å². The second-order valence-corrected chi connectivity index (χ2v) is 6.37. The van der Waals surface area contributed by atoms with Crippen LogP contribution in [0.15, 0.2) is 18.2 Å². The lowest BCUT2D eigenvalue weighted by Gasteiger charge is -2.28. The molecular formula is C17H28N2. The lowest BCUT2D eigenvalue weighted by molar-refractivity contribution is 0.436. The minimum Gasteiger partial charge on any atom is -0.370 e. The van der Waals surface area contributed by atoms with Gasteiger partial charge in [0.25, 0.3) is 0 Å². The molecule has 0 radical (unpaired) electrons. The van der Waals surface area contributed by atoms with Gasteiger partial charge in [0.05, 0.1) is 0 Å². The van der Waals surface area contributed by atoms with Gasteiger partial charge in [-0.15, -0.1) is 0 Å². The van der Waals surface area contributed by atoms with Crippen LogP contribution in [0, 0.1) is 19.8 Å². The zero-order chi connectivity index (χ0) is 13.8. The van der Waals surface area contributed by atoms with Crippen LogP contribution < -0.4 is 10.2 Å². The Morgan fingerprint density at radius 2 is 2.11 bits per heavy atom. The lowest BCUT2D eigenvalue weighted by Crippen LogP contribution is -2.38. The molecule has 0 aliphatic carbocycles. The quantitative estimate of drug-likeness (QED) is 0.894. The third kappa shape index (κ3) is 3.97. The Bertz CT molecular complexity index is 412. The highest BCUT2D eigenvalue weighted by atomic mass is 15.2. The Morgan fingerprint density at radius 1 is 1.32 bits per heavy atom. The Morgan fingerprint density at radius 3 is 2.79 bits per heavy atom. The maximum Gasteiger partial charge on any atom is 0.0396 e. The molecule has 2 heteroatoms. The molecule has 1 aliphatic rings. The summed E-state index contributed by atoms with van der Waals surface area (Å²) in [7, 11) is 0. The summed E-state index contributed by atoms with van der Waals surface area (Å²) in [5.41, 5.74) is 4.18. The summed E-state index contributed by atoms with van der Waals surface area (Å²) in [5.74, 6) is 0.761. The Hall–Kier alpha value is -1.02. The van der Waals surface area contributed by atoms with Crippen LogP contribution in [-0.2, 0) is 0 Å². The average molecular weight is 260 g/mol. The molecular weight excluding hydrogens is 232 g/mol. The van der Waals surface area contributed by atoms with Gasteiger partial charge < -0.3 is 10.2 Å². The van der Waals surface area contributed by atoms with E-state index >= 15 is 0 Å². The fourth-order valence-electron chi connectivity index (χ4n) is 3.10. The molecule has 1 aromatic carbocycles. The number of nitrogens with one attached hydrogen (secondary N) is 1. The van der Waals surface area contributed by atoms with Crippen LogP contribution in [0.4, 0.5) is 5.69 Å². The van der Waals surface area contributed by atoms with Gasteiger partial charge in [-0.05, 0) is 50.8 Å². The van der Waals surface area contributed by atoms with E-state index in [0.717, 1.165) is 19.0 Å². The largest absolute Gasteiger partial charge is 0.370 e. The summed E-state index contributed by atoms with van der Waals surface area (Å²) in [6.45, 7) is 12.5. The minimum atomic E-state index is 0.628. The summed E-state index contributed by atoms with van der Waals surface area (Å²) in [4.78, 5) is 2.57. The van der Waals surface area contributed by atoms with Crippen LogP contribution in [0.25, 0.3) is 0 Å². The first-order valence-electron chi connectivity index (χ1n) is 7.62. The summed E-state index contributed by atoms with van der Waals surface area (Å²) >= 11 is 0. The molecule has 2 rings (SSSR count). The predicted molar refractivity (Wildman–Crippen MR) is 84.0 cm³/mol. The van der Waals surface area contributed by atoms with Crippen LogP contribution in [0.2, 0.25) is 0 Å². The monoisotopic (exact) mass is 260 g/mol. The van der Waals surface area contributed by atoms with Gasteiger partial charge >= 0.3 is 0 Å². The van der Waals surface area contributed by atoms with Gasteiger partial charge in [0.1, 0.15) is 0 Å². The van der Waals surface area contributed by atoms with E-state index in [1.165, 1.54) is 36.2 Å². The van der Waals surface area contributed by atoms with Crippen LogP contribution in [0.5, 0.6) is 0 Å². The standard InChI is InChI=1S/C17H28N2/c1-13(2)10-16-12-19(9-5-8-18-16)17-7-6-14(3)11-15(17)4/h6-7,11,13,16,18H,5,8-10,12H2,1-4H3. The molecule has 1 heterocycles. The molecule has 0 aromatic heterocycles. The molecule has 2 nitrogen and oxygen atoms in total. The van der Waals surface area contributed by atoms with Crippen molar-refractivity contribution in [3.63, 3.8) is 0 Å². The van der Waals surface area contributed by atoms with Crippen LogP contribution in [-0.4, -0.2) is 25.7 Å². The van der Waals surface area contributed by atoms with E-state index in [-0.39, 0.29) is 0 Å². The third-order valence-electron chi connectivity index (χ3n) is 3.93. The smallest absolute Gasteiger partial charge is 0.0396 e. The zero-order valence-electron chi connectivity index (χ0n) is 12.9.